The van der Waals surface area contributed by atoms with Crippen molar-refractivity contribution in [2.24, 2.45) is 0 Å². The maximum Gasteiger partial charge on any atom is 0.186 e. The summed E-state index contributed by atoms with van der Waals surface area (Å²) in [6.45, 7) is 1.57. The molecule has 0 saturated carbocycles. The van der Waals surface area contributed by atoms with Crippen LogP contribution in [0.3, 0.4) is 0 Å². The van der Waals surface area contributed by atoms with Crippen LogP contribution in [0.1, 0.15) is 41.3 Å². The van der Waals surface area contributed by atoms with Crippen LogP contribution in [0, 0.1) is 0 Å². The van der Waals surface area contributed by atoms with Crippen molar-refractivity contribution in [1.29, 1.82) is 0 Å². The fourth-order valence-corrected chi connectivity index (χ4v) is 2.53. The van der Waals surface area contributed by atoms with Gasteiger partial charge in [-0.2, -0.15) is 0 Å². The van der Waals surface area contributed by atoms with Crippen molar-refractivity contribution in [1.82, 2.24) is 0 Å². The number of fused-ring (bicyclic) bond motifs is 1. The molecule has 1 aromatic rings. The van der Waals surface area contributed by atoms with Crippen LogP contribution in [0.15, 0.2) is 24.3 Å². The summed E-state index contributed by atoms with van der Waals surface area (Å²) < 4.78 is 0. The molecule has 0 aromatic heterocycles. The third-order valence-electron chi connectivity index (χ3n) is 2.98. The van der Waals surface area contributed by atoms with Gasteiger partial charge in [-0.1, -0.05) is 36.0 Å². The highest BCUT2D eigenvalue weighted by molar-refractivity contribution is 8.13. The summed E-state index contributed by atoms with van der Waals surface area (Å²) >= 11 is 1.29. The number of Topliss-reactive ketones (excluding diaryl/α,β-unsaturated/α-hetero) is 1. The lowest BCUT2D eigenvalue weighted by atomic mass is 9.89. The van der Waals surface area contributed by atoms with Crippen LogP contribution >= 0.6 is 11.8 Å². The molecule has 0 N–H and O–H groups in total. The van der Waals surface area contributed by atoms with E-state index < -0.39 is 0 Å². The molecular formula is C15H16O2S. The zero-order valence-electron chi connectivity index (χ0n) is 10.4. The highest BCUT2D eigenvalue weighted by Gasteiger charge is 2.16. The van der Waals surface area contributed by atoms with E-state index >= 15 is 0 Å². The van der Waals surface area contributed by atoms with E-state index in [0.29, 0.717) is 12.2 Å². The van der Waals surface area contributed by atoms with Crippen LogP contribution in [0.4, 0.5) is 0 Å². The van der Waals surface area contributed by atoms with E-state index in [1.807, 2.05) is 30.4 Å². The Morgan fingerprint density at radius 3 is 3.00 bits per heavy atom. The van der Waals surface area contributed by atoms with Crippen molar-refractivity contribution < 1.29 is 9.59 Å². The van der Waals surface area contributed by atoms with Crippen LogP contribution in [-0.2, 0) is 11.2 Å². The fraction of sp³-hybridized carbons (Fsp3) is 0.333. The lowest BCUT2D eigenvalue weighted by Crippen LogP contribution is -2.10. The molecule has 2 nitrogen and oxygen atoms in total. The van der Waals surface area contributed by atoms with Crippen LogP contribution in [0.25, 0.3) is 6.08 Å². The highest BCUT2D eigenvalue weighted by Crippen LogP contribution is 2.22. The molecule has 0 unspecified atom stereocenters. The van der Waals surface area contributed by atoms with Crippen LogP contribution in [0.2, 0.25) is 0 Å². The lowest BCUT2D eigenvalue weighted by molar-refractivity contribution is -0.109. The van der Waals surface area contributed by atoms with Crippen molar-refractivity contribution >= 4 is 28.7 Å². The minimum atomic E-state index is 0.125. The molecule has 18 heavy (non-hydrogen) atoms. The zero-order chi connectivity index (χ0) is 13.0. The number of benzene rings is 1. The second kappa shape index (κ2) is 6.01. The summed E-state index contributed by atoms with van der Waals surface area (Å²) in [4.78, 5) is 22.6. The normalized spacial score (nSPS) is 14.8. The molecule has 0 heterocycles. The topological polar surface area (TPSA) is 34.1 Å². The van der Waals surface area contributed by atoms with Gasteiger partial charge >= 0.3 is 0 Å². The monoisotopic (exact) mass is 260 g/mol. The molecule has 0 atom stereocenters. The Morgan fingerprint density at radius 1 is 1.39 bits per heavy atom. The summed E-state index contributed by atoms with van der Waals surface area (Å²) in [7, 11) is 0. The molecule has 0 aliphatic heterocycles. The number of aryl methyl sites for hydroxylation is 1. The van der Waals surface area contributed by atoms with Gasteiger partial charge < -0.3 is 0 Å². The number of hydrogen-bond donors (Lipinski definition) is 0. The first kappa shape index (κ1) is 13.1. The Kier molecular flexibility index (Phi) is 4.37. The van der Waals surface area contributed by atoms with Gasteiger partial charge in [-0.15, -0.1) is 0 Å². The van der Waals surface area contributed by atoms with Gasteiger partial charge in [-0.05, 0) is 30.0 Å². The van der Waals surface area contributed by atoms with Crippen LogP contribution in [0.5, 0.6) is 0 Å². The predicted octanol–water partition coefficient (Wildman–Crippen LogP) is 3.50. The first-order valence-electron chi connectivity index (χ1n) is 6.13. The van der Waals surface area contributed by atoms with E-state index in [9.17, 15) is 9.59 Å². The van der Waals surface area contributed by atoms with Gasteiger partial charge in [0.25, 0.3) is 0 Å². The molecule has 1 aromatic carbocycles. The van der Waals surface area contributed by atoms with Crippen molar-refractivity contribution in [3.05, 3.63) is 41.0 Å². The molecule has 3 heteroatoms. The van der Waals surface area contributed by atoms with Crippen molar-refractivity contribution in [3.8, 4) is 0 Å². The average molecular weight is 260 g/mol. The van der Waals surface area contributed by atoms with E-state index in [2.05, 4.69) is 0 Å². The number of rotatable bonds is 3. The quantitative estimate of drug-likeness (QED) is 0.834. The SMILES string of the molecule is CC(=O)SCC=Cc1ccc2c(c1)C(=O)CCC2. The highest BCUT2D eigenvalue weighted by atomic mass is 32.2. The van der Waals surface area contributed by atoms with Crippen molar-refractivity contribution in [2.75, 3.05) is 5.75 Å². The maximum absolute atomic E-state index is 11.8. The largest absolute Gasteiger partial charge is 0.294 e. The molecular weight excluding hydrogens is 244 g/mol. The standard InChI is InChI=1S/C15H16O2S/c1-11(16)18-9-3-4-12-7-8-13-5-2-6-15(17)14(13)10-12/h3-4,7-8,10H,2,5-6,9H2,1H3. The summed E-state index contributed by atoms with van der Waals surface area (Å²) in [6.07, 6.45) is 6.57. The lowest BCUT2D eigenvalue weighted by Gasteiger charge is -2.14. The van der Waals surface area contributed by atoms with E-state index in [1.165, 1.54) is 17.3 Å². The number of carbonyl (C=O) groups is 2. The Hall–Kier alpha value is -1.35. The van der Waals surface area contributed by atoms with E-state index in [4.69, 9.17) is 0 Å². The molecule has 0 saturated heterocycles. The molecule has 94 valence electrons. The minimum absolute atomic E-state index is 0.125. The molecule has 1 aliphatic rings. The molecule has 2 rings (SSSR count). The van der Waals surface area contributed by atoms with E-state index in [1.54, 1.807) is 6.92 Å². The van der Waals surface area contributed by atoms with E-state index in [-0.39, 0.29) is 10.9 Å². The predicted molar refractivity (Wildman–Crippen MR) is 75.9 cm³/mol. The fourth-order valence-electron chi connectivity index (χ4n) is 2.10. The first-order chi connectivity index (χ1) is 8.66. The Bertz CT molecular complexity index is 503. The third kappa shape index (κ3) is 3.33. The van der Waals surface area contributed by atoms with Gasteiger partial charge in [0.15, 0.2) is 10.9 Å². The minimum Gasteiger partial charge on any atom is -0.294 e. The number of hydrogen-bond acceptors (Lipinski definition) is 3. The Morgan fingerprint density at radius 2 is 2.22 bits per heavy atom. The molecule has 0 fully saturated rings. The number of ketones is 1. The van der Waals surface area contributed by atoms with Crippen LogP contribution in [-0.4, -0.2) is 16.7 Å². The maximum atomic E-state index is 11.8. The second-order valence-electron chi connectivity index (χ2n) is 4.40. The smallest absolute Gasteiger partial charge is 0.186 e. The van der Waals surface area contributed by atoms with Crippen LogP contribution < -0.4 is 0 Å². The van der Waals surface area contributed by atoms with Crippen molar-refractivity contribution in [3.63, 3.8) is 0 Å². The van der Waals surface area contributed by atoms with Gasteiger partial charge in [0, 0.05) is 24.7 Å². The first-order valence-corrected chi connectivity index (χ1v) is 7.11. The molecule has 0 spiro atoms. The molecule has 0 amide bonds. The molecule has 0 bridgehead atoms. The summed E-state index contributed by atoms with van der Waals surface area (Å²) in [5.41, 5.74) is 3.08. The second-order valence-corrected chi connectivity index (χ2v) is 5.60. The van der Waals surface area contributed by atoms with Gasteiger partial charge in [-0.25, -0.2) is 0 Å². The van der Waals surface area contributed by atoms with Gasteiger partial charge in [0.05, 0.1) is 0 Å². The summed E-state index contributed by atoms with van der Waals surface area (Å²) in [6, 6.07) is 6.04. The molecule has 1 aliphatic carbocycles. The van der Waals surface area contributed by atoms with Gasteiger partial charge in [-0.3, -0.25) is 9.59 Å². The molecule has 0 radical (unpaired) electrons. The third-order valence-corrected chi connectivity index (χ3v) is 3.74. The van der Waals surface area contributed by atoms with Crippen molar-refractivity contribution in [2.45, 2.75) is 26.2 Å². The number of carbonyl (C=O) groups excluding carboxylic acids is 2. The Balaban J connectivity index is 2.08. The summed E-state index contributed by atoms with van der Waals surface area (Å²) in [5.74, 6) is 0.935. The summed E-state index contributed by atoms with van der Waals surface area (Å²) in [5, 5.41) is 0.125. The average Bonchev–Trinajstić information content (AvgIpc) is 2.35. The zero-order valence-corrected chi connectivity index (χ0v) is 11.3. The van der Waals surface area contributed by atoms with Gasteiger partial charge in [0.1, 0.15) is 0 Å². The number of thioether (sulfide) groups is 1. The van der Waals surface area contributed by atoms with Gasteiger partial charge in [0.2, 0.25) is 0 Å². The van der Waals surface area contributed by atoms with E-state index in [0.717, 1.165) is 24.0 Å². The Labute approximate surface area is 111 Å².